The molecule has 2 aromatic carbocycles. The minimum Gasteiger partial charge on any atom is -0.369 e. The van der Waals surface area contributed by atoms with E-state index in [2.05, 4.69) is 35.2 Å². The molecule has 58 heavy (non-hydrogen) atoms. The first-order valence-electron chi connectivity index (χ1n) is 19.4. The van der Waals surface area contributed by atoms with Crippen LogP contribution in [0.3, 0.4) is 0 Å². The van der Waals surface area contributed by atoms with Crippen molar-refractivity contribution in [2.75, 3.05) is 60.5 Å². The van der Waals surface area contributed by atoms with E-state index in [1.165, 1.54) is 6.20 Å². The van der Waals surface area contributed by atoms with Gasteiger partial charge in [-0.05, 0) is 93.2 Å². The van der Waals surface area contributed by atoms with Gasteiger partial charge in [-0.2, -0.15) is 5.26 Å². The molecule has 1 N–H and O–H groups in total. The third-order valence-corrected chi connectivity index (χ3v) is 12.4. The topological polar surface area (TPSA) is 176 Å². The molecule has 2 aromatic heterocycles. The van der Waals surface area contributed by atoms with Crippen LogP contribution in [0.25, 0.3) is 11.3 Å². The van der Waals surface area contributed by atoms with Crippen LogP contribution in [0, 0.1) is 17.2 Å². The molecule has 3 saturated heterocycles. The first-order valence-corrected chi connectivity index (χ1v) is 19.8. The van der Waals surface area contributed by atoms with Crippen LogP contribution in [0.1, 0.15) is 65.1 Å². The van der Waals surface area contributed by atoms with Crippen LogP contribution < -0.4 is 20.0 Å². The third kappa shape index (κ3) is 6.33. The van der Waals surface area contributed by atoms with E-state index in [4.69, 9.17) is 11.6 Å². The lowest BCUT2D eigenvalue weighted by atomic mass is 9.85. The molecule has 1 atom stereocenters. The maximum absolute atomic E-state index is 13.6. The van der Waals surface area contributed by atoms with Crippen LogP contribution in [-0.2, 0) is 19.8 Å². The number of nitriles is 1. The molecule has 0 saturated carbocycles. The van der Waals surface area contributed by atoms with Crippen molar-refractivity contribution in [3.05, 3.63) is 88.2 Å². The van der Waals surface area contributed by atoms with E-state index in [0.29, 0.717) is 22.9 Å². The minimum absolute atomic E-state index is 0.0866. The van der Waals surface area contributed by atoms with Gasteiger partial charge in [-0.15, -0.1) is 10.2 Å². The lowest BCUT2D eigenvalue weighted by Gasteiger charge is -2.42. The molecule has 15 nitrogen and oxygen atoms in total. The Hall–Kier alpha value is -6.24. The van der Waals surface area contributed by atoms with Gasteiger partial charge in [-0.25, -0.2) is 4.98 Å². The molecule has 5 aliphatic heterocycles. The first kappa shape index (κ1) is 37.3. The summed E-state index contributed by atoms with van der Waals surface area (Å²) in [5.41, 5.74) is 4.41. The zero-order valence-electron chi connectivity index (χ0n) is 31.9. The average Bonchev–Trinajstić information content (AvgIpc) is 3.57. The molecule has 7 heterocycles. The highest BCUT2D eigenvalue weighted by atomic mass is 35.5. The molecule has 0 spiro atoms. The van der Waals surface area contributed by atoms with Gasteiger partial charge in [0.1, 0.15) is 12.1 Å². The van der Waals surface area contributed by atoms with Crippen molar-refractivity contribution in [2.45, 2.75) is 44.6 Å². The molecule has 1 unspecified atom stereocenters. The van der Waals surface area contributed by atoms with Crippen LogP contribution >= 0.6 is 11.6 Å². The molecule has 5 aliphatic rings. The summed E-state index contributed by atoms with van der Waals surface area (Å²) in [4.78, 5) is 77.7. The molecular formula is C42H39ClN10O5. The summed E-state index contributed by atoms with van der Waals surface area (Å²) in [7, 11) is 0. The van der Waals surface area contributed by atoms with Crippen LogP contribution in [0.2, 0.25) is 5.02 Å². The Kier molecular flexibility index (Phi) is 9.21. The number of fused-ring (bicyclic) bond motifs is 2. The number of aromatic nitrogens is 3. The monoisotopic (exact) mass is 798 g/mol. The van der Waals surface area contributed by atoms with Crippen molar-refractivity contribution >= 4 is 64.0 Å². The highest BCUT2D eigenvalue weighted by molar-refractivity contribution is 6.32. The van der Waals surface area contributed by atoms with E-state index >= 15 is 0 Å². The highest BCUT2D eigenvalue weighted by Crippen LogP contribution is 2.47. The summed E-state index contributed by atoms with van der Waals surface area (Å²) >= 11 is 6.26. The zero-order valence-corrected chi connectivity index (χ0v) is 32.7. The predicted molar refractivity (Wildman–Crippen MR) is 214 cm³/mol. The second-order valence-corrected chi connectivity index (χ2v) is 16.4. The third-order valence-electron chi connectivity index (χ3n) is 12.1. The largest absolute Gasteiger partial charge is 0.369 e. The molecule has 5 amide bonds. The SMILES string of the molecule is CC1(C)C(=O)N(c2cnc(C#N)c(Cl)c2)c2ccc(-c3ccc(N4CC(CCN5CCN(c6ccc7c(c6)C(=O)N(C6CCC(=O)NC6=O)C7=O)CC5)C4)nn3)cc21. The van der Waals surface area contributed by atoms with Crippen LogP contribution in [0.4, 0.5) is 22.9 Å². The Morgan fingerprint density at radius 2 is 1.66 bits per heavy atom. The van der Waals surface area contributed by atoms with Crippen LogP contribution in [-0.4, -0.2) is 106 Å². The van der Waals surface area contributed by atoms with Crippen molar-refractivity contribution in [3.8, 4) is 17.3 Å². The number of piperidine rings is 1. The molecule has 294 valence electrons. The number of pyridine rings is 1. The number of hydrogen-bond acceptors (Lipinski definition) is 12. The Morgan fingerprint density at radius 1 is 0.879 bits per heavy atom. The number of nitrogens with one attached hydrogen (secondary N) is 1. The summed E-state index contributed by atoms with van der Waals surface area (Å²) < 4.78 is 0. The summed E-state index contributed by atoms with van der Waals surface area (Å²) in [6.07, 6.45) is 2.78. The number of halogens is 1. The number of nitrogens with zero attached hydrogens (tertiary/aromatic N) is 9. The van der Waals surface area contributed by atoms with Crippen LogP contribution in [0.15, 0.2) is 60.8 Å². The normalized spacial score (nSPS) is 20.6. The van der Waals surface area contributed by atoms with E-state index in [0.717, 1.165) is 85.5 Å². The van der Waals surface area contributed by atoms with E-state index in [1.54, 1.807) is 23.1 Å². The number of benzene rings is 2. The van der Waals surface area contributed by atoms with E-state index in [1.807, 2.05) is 56.3 Å². The first-order chi connectivity index (χ1) is 27.9. The molecule has 4 aromatic rings. The molecule has 9 rings (SSSR count). The van der Waals surface area contributed by atoms with Crippen LogP contribution in [0.5, 0.6) is 0 Å². The number of carbonyl (C=O) groups excluding carboxylic acids is 5. The summed E-state index contributed by atoms with van der Waals surface area (Å²) in [6, 6.07) is 17.6. The van der Waals surface area contributed by atoms with Gasteiger partial charge in [0.2, 0.25) is 17.7 Å². The van der Waals surface area contributed by atoms with Crippen molar-refractivity contribution in [2.24, 2.45) is 5.92 Å². The number of piperazine rings is 1. The Morgan fingerprint density at radius 3 is 2.36 bits per heavy atom. The maximum atomic E-state index is 13.6. The zero-order chi connectivity index (χ0) is 40.5. The fourth-order valence-electron chi connectivity index (χ4n) is 8.62. The lowest BCUT2D eigenvalue weighted by Crippen LogP contribution is -2.54. The van der Waals surface area contributed by atoms with E-state index in [-0.39, 0.29) is 35.0 Å². The average molecular weight is 799 g/mol. The Labute approximate surface area is 339 Å². The van der Waals surface area contributed by atoms with Gasteiger partial charge >= 0.3 is 0 Å². The summed E-state index contributed by atoms with van der Waals surface area (Å²) in [6.45, 7) is 9.91. The predicted octanol–water partition coefficient (Wildman–Crippen LogP) is 4.07. The summed E-state index contributed by atoms with van der Waals surface area (Å²) in [5.74, 6) is -0.737. The van der Waals surface area contributed by atoms with Gasteiger partial charge in [0.25, 0.3) is 11.8 Å². The number of anilines is 4. The molecule has 0 radical (unpaired) electrons. The van der Waals surface area contributed by atoms with Gasteiger partial charge in [0, 0.05) is 56.9 Å². The number of rotatable bonds is 8. The number of amides is 5. The fraction of sp³-hybridized carbons (Fsp3) is 0.357. The fourth-order valence-corrected chi connectivity index (χ4v) is 8.82. The van der Waals surface area contributed by atoms with Crippen molar-refractivity contribution in [1.29, 1.82) is 5.26 Å². The van der Waals surface area contributed by atoms with Gasteiger partial charge in [0.15, 0.2) is 11.5 Å². The Bertz CT molecular complexity index is 2450. The lowest BCUT2D eigenvalue weighted by molar-refractivity contribution is -0.136. The minimum atomic E-state index is -0.978. The van der Waals surface area contributed by atoms with Crippen molar-refractivity contribution in [3.63, 3.8) is 0 Å². The van der Waals surface area contributed by atoms with Gasteiger partial charge in [-0.3, -0.25) is 44.0 Å². The molecule has 0 bridgehead atoms. The highest BCUT2D eigenvalue weighted by Gasteiger charge is 2.46. The Balaban J connectivity index is 0.763. The van der Waals surface area contributed by atoms with Gasteiger partial charge in [-0.1, -0.05) is 17.7 Å². The molecule has 16 heteroatoms. The second kappa shape index (κ2) is 14.3. The number of carbonyl (C=O) groups is 5. The summed E-state index contributed by atoms with van der Waals surface area (Å²) in [5, 5.41) is 20.8. The van der Waals surface area contributed by atoms with Gasteiger partial charge < -0.3 is 9.80 Å². The van der Waals surface area contributed by atoms with Crippen molar-refractivity contribution < 1.29 is 24.0 Å². The number of imide groups is 2. The molecule has 3 fully saturated rings. The molecule has 0 aliphatic carbocycles. The standard InChI is InChI=1S/C42H39ClN10O5/c1-42(2)30-17-25(3-7-34(30)52(41(42)58)27-19-31(43)33(20-44)45-21-27)32-6-9-36(48-47-32)51-22-24(23-51)11-12-49-13-15-50(16-14-49)26-4-5-28-29(18-26)40(57)53(39(28)56)35-8-10-37(54)46-38(35)55/h3-7,9,17-19,21,24,35H,8,10-16,22-23H2,1-2H3,(H,46,54,55). The quantitative estimate of drug-likeness (QED) is 0.254. The molecular weight excluding hydrogens is 760 g/mol. The van der Waals surface area contributed by atoms with E-state index in [9.17, 15) is 29.2 Å². The smallest absolute Gasteiger partial charge is 0.262 e. The van der Waals surface area contributed by atoms with Crippen molar-refractivity contribution in [1.82, 2.24) is 30.3 Å². The van der Waals surface area contributed by atoms with E-state index < -0.39 is 35.1 Å². The van der Waals surface area contributed by atoms with Gasteiger partial charge in [0.05, 0.1) is 44.8 Å². The maximum Gasteiger partial charge on any atom is 0.262 e. The second-order valence-electron chi connectivity index (χ2n) is 16.0. The number of hydrogen-bond donors (Lipinski definition) is 1.